The van der Waals surface area contributed by atoms with E-state index in [9.17, 15) is 4.39 Å². The molecule has 24 heavy (non-hydrogen) atoms. The van der Waals surface area contributed by atoms with Gasteiger partial charge >= 0.3 is 0 Å². The Balaban J connectivity index is 0.000000245. The van der Waals surface area contributed by atoms with Gasteiger partial charge in [0.1, 0.15) is 5.82 Å². The molecule has 3 nitrogen and oxygen atoms in total. The highest BCUT2D eigenvalue weighted by molar-refractivity contribution is 5.33. The Labute approximate surface area is 144 Å². The van der Waals surface area contributed by atoms with Crippen LogP contribution >= 0.6 is 0 Å². The Morgan fingerprint density at radius 2 is 1.92 bits per heavy atom. The molecule has 0 bridgehead atoms. The molecule has 1 heterocycles. The summed E-state index contributed by atoms with van der Waals surface area (Å²) in [5.41, 5.74) is 9.93. The van der Waals surface area contributed by atoms with Crippen LogP contribution in [0, 0.1) is 37.9 Å². The highest BCUT2D eigenvalue weighted by Gasteiger charge is 2.46. The van der Waals surface area contributed by atoms with Crippen LogP contribution in [0.25, 0.3) is 0 Å². The van der Waals surface area contributed by atoms with Gasteiger partial charge in [-0.25, -0.2) is 9.37 Å². The third-order valence-electron chi connectivity index (χ3n) is 4.51. The molecule has 1 aromatic heterocycles. The van der Waals surface area contributed by atoms with Crippen molar-refractivity contribution in [3.63, 3.8) is 0 Å². The minimum absolute atomic E-state index is 0.0605. The lowest BCUT2D eigenvalue weighted by atomic mass is 10.00. The number of nitrogens with two attached hydrogens (primary N) is 1. The van der Waals surface area contributed by atoms with E-state index < -0.39 is 0 Å². The van der Waals surface area contributed by atoms with Gasteiger partial charge in [-0.1, -0.05) is 32.9 Å². The second kappa shape index (κ2) is 8.01. The number of H-pyrrole nitrogens is 1. The largest absolute Gasteiger partial charge is 0.369 e. The van der Waals surface area contributed by atoms with Crippen molar-refractivity contribution in [3.05, 3.63) is 46.5 Å². The number of benzene rings is 1. The fourth-order valence-electron chi connectivity index (χ4n) is 2.69. The van der Waals surface area contributed by atoms with Gasteiger partial charge in [-0.3, -0.25) is 0 Å². The predicted molar refractivity (Wildman–Crippen MR) is 99.3 cm³/mol. The zero-order chi connectivity index (χ0) is 18.5. The summed E-state index contributed by atoms with van der Waals surface area (Å²) in [6.07, 6.45) is 10.0. The predicted octanol–water partition coefficient (Wildman–Crippen LogP) is 4.76. The normalized spacial score (nSPS) is 17.1. The zero-order valence-corrected chi connectivity index (χ0v) is 15.3. The summed E-state index contributed by atoms with van der Waals surface area (Å²) in [6.45, 7) is 10.4. The molecule has 3 N–H and O–H groups in total. The zero-order valence-electron chi connectivity index (χ0n) is 15.3. The third-order valence-corrected chi connectivity index (χ3v) is 4.51. The molecule has 0 amide bonds. The van der Waals surface area contributed by atoms with Crippen molar-refractivity contribution in [2.75, 3.05) is 5.73 Å². The number of aryl methyl sites for hydroxylation is 3. The van der Waals surface area contributed by atoms with Gasteiger partial charge in [0, 0.05) is 5.69 Å². The minimum Gasteiger partial charge on any atom is -0.369 e. The molecule has 0 spiro atoms. The van der Waals surface area contributed by atoms with Crippen molar-refractivity contribution >= 4 is 5.95 Å². The summed E-state index contributed by atoms with van der Waals surface area (Å²) in [4.78, 5) is 6.81. The average Bonchev–Trinajstić information content (AvgIpc) is 3.08. The first-order chi connectivity index (χ1) is 11.2. The quantitative estimate of drug-likeness (QED) is 0.781. The van der Waals surface area contributed by atoms with Gasteiger partial charge in [0.2, 0.25) is 0 Å². The maximum atomic E-state index is 13.2. The van der Waals surface area contributed by atoms with Crippen molar-refractivity contribution in [1.82, 2.24) is 9.97 Å². The summed E-state index contributed by atoms with van der Waals surface area (Å²) in [5, 5.41) is 0. The van der Waals surface area contributed by atoms with E-state index in [-0.39, 0.29) is 5.82 Å². The first-order valence-electron chi connectivity index (χ1n) is 8.15. The highest BCUT2D eigenvalue weighted by Crippen LogP contribution is 2.58. The molecule has 0 saturated heterocycles. The first kappa shape index (κ1) is 19.8. The molecule has 0 aliphatic heterocycles. The summed E-state index contributed by atoms with van der Waals surface area (Å²) in [6, 6.07) is 5.59. The van der Waals surface area contributed by atoms with Gasteiger partial charge in [0.15, 0.2) is 5.95 Å². The van der Waals surface area contributed by atoms with Gasteiger partial charge in [-0.15, -0.1) is 12.8 Å². The SMILES string of the molecule is C#C.CCc1cc([C@@H]2CC2(C)C)ccc1F.Cc1nc(N)[nH]c1C. The number of aromatic nitrogens is 2. The maximum absolute atomic E-state index is 13.2. The van der Waals surface area contributed by atoms with Crippen LogP contribution in [0.1, 0.15) is 55.6 Å². The van der Waals surface area contributed by atoms with E-state index in [1.54, 1.807) is 6.07 Å². The lowest BCUT2D eigenvalue weighted by Crippen LogP contribution is -1.94. The van der Waals surface area contributed by atoms with Crippen LogP contribution < -0.4 is 5.73 Å². The molecule has 0 unspecified atom stereocenters. The Kier molecular flexibility index (Phi) is 6.60. The molecule has 1 saturated carbocycles. The first-order valence-corrected chi connectivity index (χ1v) is 8.15. The second-order valence-electron chi connectivity index (χ2n) is 6.78. The molecule has 1 atom stereocenters. The average molecular weight is 329 g/mol. The van der Waals surface area contributed by atoms with E-state index in [4.69, 9.17) is 5.73 Å². The Morgan fingerprint density at radius 3 is 2.25 bits per heavy atom. The van der Waals surface area contributed by atoms with Gasteiger partial charge < -0.3 is 10.7 Å². The van der Waals surface area contributed by atoms with Crippen LogP contribution in [-0.4, -0.2) is 9.97 Å². The van der Waals surface area contributed by atoms with Crippen molar-refractivity contribution in [2.24, 2.45) is 5.41 Å². The summed E-state index contributed by atoms with van der Waals surface area (Å²) in [7, 11) is 0. The van der Waals surface area contributed by atoms with Crippen LogP contribution in [0.2, 0.25) is 0 Å². The molecular formula is C20H28FN3. The van der Waals surface area contributed by atoms with Crippen LogP contribution in [0.15, 0.2) is 18.2 Å². The molecule has 4 heteroatoms. The Hall–Kier alpha value is -2.28. The maximum Gasteiger partial charge on any atom is 0.197 e. The molecule has 3 rings (SSSR count). The number of aromatic amines is 1. The van der Waals surface area contributed by atoms with Crippen molar-refractivity contribution < 1.29 is 4.39 Å². The van der Waals surface area contributed by atoms with Crippen LogP contribution in [0.4, 0.5) is 10.3 Å². The topological polar surface area (TPSA) is 54.7 Å². The van der Waals surface area contributed by atoms with Gasteiger partial charge in [-0.05, 0) is 55.2 Å². The minimum atomic E-state index is -0.0605. The number of hydrogen-bond donors (Lipinski definition) is 2. The van der Waals surface area contributed by atoms with Gasteiger partial charge in [0.05, 0.1) is 5.69 Å². The lowest BCUT2D eigenvalue weighted by molar-refractivity contribution is 0.604. The number of rotatable bonds is 2. The standard InChI is InChI=1S/C13H17F.C5H9N3.C2H2/c1-4-9-7-10(5-6-12(9)14)11-8-13(11,2)3;1-3-4(2)8-5(6)7-3;1-2/h5-7,11H,4,8H2,1-3H3;1-2H3,(H3,6,7,8);1-2H/t11-;;/m0../s1. The molecule has 1 fully saturated rings. The Morgan fingerprint density at radius 1 is 1.33 bits per heavy atom. The van der Waals surface area contributed by atoms with Gasteiger partial charge in [-0.2, -0.15) is 0 Å². The third kappa shape index (κ3) is 4.86. The second-order valence-corrected chi connectivity index (χ2v) is 6.78. The number of halogens is 1. The molecule has 0 radical (unpaired) electrons. The molecule has 1 aliphatic rings. The fraction of sp³-hybridized carbons (Fsp3) is 0.450. The number of hydrogen-bond acceptors (Lipinski definition) is 2. The van der Waals surface area contributed by atoms with E-state index >= 15 is 0 Å². The van der Waals surface area contributed by atoms with Gasteiger partial charge in [0.25, 0.3) is 0 Å². The molecule has 2 aromatic rings. The van der Waals surface area contributed by atoms with E-state index in [0.29, 0.717) is 17.3 Å². The summed E-state index contributed by atoms with van der Waals surface area (Å²) < 4.78 is 13.2. The van der Waals surface area contributed by atoms with E-state index in [1.165, 1.54) is 12.0 Å². The summed E-state index contributed by atoms with van der Waals surface area (Å²) in [5.74, 6) is 1.09. The number of imidazole rings is 1. The Bertz CT molecular complexity index is 679. The van der Waals surface area contributed by atoms with E-state index in [1.807, 2.05) is 32.9 Å². The number of terminal acetylenes is 1. The van der Waals surface area contributed by atoms with Crippen molar-refractivity contribution in [3.8, 4) is 12.8 Å². The van der Waals surface area contributed by atoms with E-state index in [0.717, 1.165) is 23.4 Å². The molecule has 130 valence electrons. The monoisotopic (exact) mass is 329 g/mol. The highest BCUT2D eigenvalue weighted by atomic mass is 19.1. The fourth-order valence-corrected chi connectivity index (χ4v) is 2.69. The molecule has 1 aromatic carbocycles. The molecule has 1 aliphatic carbocycles. The number of nitrogens with zero attached hydrogens (tertiary/aromatic N) is 1. The number of nitrogens with one attached hydrogen (secondary N) is 1. The van der Waals surface area contributed by atoms with Crippen molar-refractivity contribution in [1.29, 1.82) is 0 Å². The lowest BCUT2D eigenvalue weighted by Gasteiger charge is -2.06. The summed E-state index contributed by atoms with van der Waals surface area (Å²) >= 11 is 0. The van der Waals surface area contributed by atoms with Crippen LogP contribution in [0.3, 0.4) is 0 Å². The number of nitrogen functional groups attached to an aromatic ring is 1. The van der Waals surface area contributed by atoms with Crippen molar-refractivity contribution in [2.45, 2.75) is 53.4 Å². The smallest absolute Gasteiger partial charge is 0.197 e. The van der Waals surface area contributed by atoms with Crippen LogP contribution in [-0.2, 0) is 6.42 Å². The number of anilines is 1. The molecular weight excluding hydrogens is 301 g/mol. The van der Waals surface area contributed by atoms with E-state index in [2.05, 4.69) is 36.7 Å². The van der Waals surface area contributed by atoms with Crippen LogP contribution in [0.5, 0.6) is 0 Å².